The van der Waals surface area contributed by atoms with Crippen LogP contribution in [0.1, 0.15) is 15.9 Å². The van der Waals surface area contributed by atoms with Crippen LogP contribution in [-0.4, -0.2) is 23.0 Å². The van der Waals surface area contributed by atoms with E-state index in [-0.39, 0.29) is 11.5 Å². The molecule has 3 rings (SSSR count). The van der Waals surface area contributed by atoms with Crippen LogP contribution >= 0.6 is 0 Å². The molecule has 0 saturated heterocycles. The number of rotatable bonds is 7. The van der Waals surface area contributed by atoms with Crippen molar-refractivity contribution in [1.29, 1.82) is 0 Å². The van der Waals surface area contributed by atoms with E-state index in [1.807, 2.05) is 24.3 Å². The molecular weight excluding hydrogens is 363 g/mol. The SMILES string of the molecule is COc1ccc(CNc2ncnc(NNC(=O)c3ccc(F)cc3)c2N)cc1. The highest BCUT2D eigenvalue weighted by molar-refractivity contribution is 5.95. The van der Waals surface area contributed by atoms with Gasteiger partial charge in [0.1, 0.15) is 23.6 Å². The highest BCUT2D eigenvalue weighted by atomic mass is 19.1. The summed E-state index contributed by atoms with van der Waals surface area (Å²) in [4.78, 5) is 20.2. The molecule has 0 saturated carbocycles. The molecule has 0 unspecified atom stereocenters. The fourth-order valence-electron chi connectivity index (χ4n) is 2.35. The molecule has 8 nitrogen and oxygen atoms in total. The molecule has 0 aliphatic heterocycles. The number of hydrogen-bond acceptors (Lipinski definition) is 7. The Labute approximate surface area is 160 Å². The number of nitrogens with two attached hydrogens (primary N) is 1. The van der Waals surface area contributed by atoms with E-state index in [0.717, 1.165) is 11.3 Å². The molecule has 0 aliphatic carbocycles. The van der Waals surface area contributed by atoms with E-state index in [9.17, 15) is 9.18 Å². The molecule has 28 heavy (non-hydrogen) atoms. The van der Waals surface area contributed by atoms with Crippen LogP contribution in [0, 0.1) is 5.82 Å². The lowest BCUT2D eigenvalue weighted by atomic mass is 10.2. The molecule has 144 valence electrons. The minimum Gasteiger partial charge on any atom is -0.497 e. The van der Waals surface area contributed by atoms with Gasteiger partial charge >= 0.3 is 0 Å². The van der Waals surface area contributed by atoms with E-state index in [4.69, 9.17) is 10.5 Å². The summed E-state index contributed by atoms with van der Waals surface area (Å²) in [5, 5.41) is 3.12. The Kier molecular flexibility index (Phi) is 5.85. The van der Waals surface area contributed by atoms with Crippen LogP contribution < -0.4 is 26.6 Å². The van der Waals surface area contributed by atoms with Crippen molar-refractivity contribution in [2.45, 2.75) is 6.54 Å². The Morgan fingerprint density at radius 1 is 1.07 bits per heavy atom. The molecular formula is C19H19FN6O2. The summed E-state index contributed by atoms with van der Waals surface area (Å²) in [6.45, 7) is 0.493. The quantitative estimate of drug-likeness (QED) is 0.464. The zero-order valence-corrected chi connectivity index (χ0v) is 15.1. The molecule has 0 spiro atoms. The molecule has 2 aromatic carbocycles. The maximum atomic E-state index is 12.9. The molecule has 5 N–H and O–H groups in total. The van der Waals surface area contributed by atoms with Crippen molar-refractivity contribution in [3.63, 3.8) is 0 Å². The number of carbonyl (C=O) groups excluding carboxylic acids is 1. The van der Waals surface area contributed by atoms with Crippen molar-refractivity contribution in [2.24, 2.45) is 0 Å². The summed E-state index contributed by atoms with van der Waals surface area (Å²) in [5.41, 5.74) is 12.7. The predicted molar refractivity (Wildman–Crippen MR) is 104 cm³/mol. The van der Waals surface area contributed by atoms with E-state index >= 15 is 0 Å². The summed E-state index contributed by atoms with van der Waals surface area (Å²) >= 11 is 0. The van der Waals surface area contributed by atoms with Crippen LogP contribution in [0.5, 0.6) is 5.75 Å². The maximum Gasteiger partial charge on any atom is 0.269 e. The largest absolute Gasteiger partial charge is 0.497 e. The third kappa shape index (κ3) is 4.64. The third-order valence-electron chi connectivity index (χ3n) is 3.90. The number of anilines is 3. The fraction of sp³-hybridized carbons (Fsp3) is 0.105. The number of hydrazine groups is 1. The number of nitrogens with one attached hydrogen (secondary N) is 3. The second-order valence-electron chi connectivity index (χ2n) is 5.77. The first-order chi connectivity index (χ1) is 13.6. The van der Waals surface area contributed by atoms with Gasteiger partial charge in [-0.2, -0.15) is 0 Å². The standard InChI is InChI=1S/C19H19FN6O2/c1-28-15-8-2-12(3-9-15)10-22-17-16(21)18(24-11-23-17)25-26-19(27)13-4-6-14(20)7-5-13/h2-9,11H,10,21H2,1H3,(H,26,27)(H2,22,23,24,25). The number of aromatic nitrogens is 2. The summed E-state index contributed by atoms with van der Waals surface area (Å²) < 4.78 is 18.1. The molecule has 0 aliphatic rings. The lowest BCUT2D eigenvalue weighted by molar-refractivity contribution is 0.0962. The molecule has 0 bridgehead atoms. The van der Waals surface area contributed by atoms with E-state index in [1.165, 1.54) is 30.6 Å². The summed E-state index contributed by atoms with van der Waals surface area (Å²) in [6.07, 6.45) is 1.32. The number of amides is 1. The number of benzene rings is 2. The predicted octanol–water partition coefficient (Wildman–Crippen LogP) is 2.58. The number of hydrogen-bond donors (Lipinski definition) is 4. The smallest absolute Gasteiger partial charge is 0.269 e. The van der Waals surface area contributed by atoms with Crippen molar-refractivity contribution in [3.8, 4) is 5.75 Å². The van der Waals surface area contributed by atoms with Gasteiger partial charge in [-0.3, -0.25) is 15.6 Å². The van der Waals surface area contributed by atoms with Gasteiger partial charge in [-0.1, -0.05) is 12.1 Å². The molecule has 9 heteroatoms. The first-order valence-electron chi connectivity index (χ1n) is 8.36. The minimum absolute atomic E-state index is 0.239. The molecule has 0 atom stereocenters. The van der Waals surface area contributed by atoms with Crippen molar-refractivity contribution in [1.82, 2.24) is 15.4 Å². The number of carbonyl (C=O) groups is 1. The topological polar surface area (TPSA) is 114 Å². The molecule has 1 aromatic heterocycles. The fourth-order valence-corrected chi connectivity index (χ4v) is 2.35. The van der Waals surface area contributed by atoms with Crippen molar-refractivity contribution >= 4 is 23.2 Å². The highest BCUT2D eigenvalue weighted by Gasteiger charge is 2.10. The van der Waals surface area contributed by atoms with Gasteiger partial charge in [-0.05, 0) is 42.0 Å². The monoisotopic (exact) mass is 382 g/mol. The zero-order valence-electron chi connectivity index (χ0n) is 15.1. The van der Waals surface area contributed by atoms with Crippen LogP contribution in [0.2, 0.25) is 0 Å². The van der Waals surface area contributed by atoms with Crippen LogP contribution in [-0.2, 0) is 6.54 Å². The Morgan fingerprint density at radius 2 is 1.75 bits per heavy atom. The molecule has 0 radical (unpaired) electrons. The van der Waals surface area contributed by atoms with E-state index in [2.05, 4.69) is 26.1 Å². The second kappa shape index (κ2) is 8.67. The van der Waals surface area contributed by atoms with Gasteiger partial charge in [-0.15, -0.1) is 0 Å². The Balaban J connectivity index is 1.61. The third-order valence-corrected chi connectivity index (χ3v) is 3.90. The first kappa shape index (κ1) is 18.9. The molecule has 1 heterocycles. The molecule has 0 fully saturated rings. The summed E-state index contributed by atoms with van der Waals surface area (Å²) in [5.74, 6) is 0.559. The maximum absolute atomic E-state index is 12.9. The summed E-state index contributed by atoms with van der Waals surface area (Å²) in [7, 11) is 1.61. The molecule has 1 amide bonds. The van der Waals surface area contributed by atoms with E-state index in [1.54, 1.807) is 7.11 Å². The van der Waals surface area contributed by atoms with Gasteiger partial charge in [0, 0.05) is 12.1 Å². The number of methoxy groups -OCH3 is 1. The Hall–Kier alpha value is -3.88. The lowest BCUT2D eigenvalue weighted by Gasteiger charge is -2.13. The normalized spacial score (nSPS) is 10.2. The van der Waals surface area contributed by atoms with Gasteiger partial charge in [0.15, 0.2) is 11.6 Å². The van der Waals surface area contributed by atoms with Gasteiger partial charge < -0.3 is 15.8 Å². The van der Waals surface area contributed by atoms with E-state index < -0.39 is 11.7 Å². The average molecular weight is 382 g/mol. The van der Waals surface area contributed by atoms with Crippen LogP contribution in [0.4, 0.5) is 21.7 Å². The number of nitrogen functional groups attached to an aromatic ring is 1. The molecule has 3 aromatic rings. The average Bonchev–Trinajstić information content (AvgIpc) is 2.73. The van der Waals surface area contributed by atoms with Crippen molar-refractivity contribution < 1.29 is 13.9 Å². The zero-order chi connectivity index (χ0) is 19.9. The van der Waals surface area contributed by atoms with Gasteiger partial charge in [-0.25, -0.2) is 14.4 Å². The van der Waals surface area contributed by atoms with E-state index in [0.29, 0.717) is 17.9 Å². The van der Waals surface area contributed by atoms with Gasteiger partial charge in [0.2, 0.25) is 0 Å². The second-order valence-corrected chi connectivity index (χ2v) is 5.77. The number of halogens is 1. The highest BCUT2D eigenvalue weighted by Crippen LogP contribution is 2.22. The van der Waals surface area contributed by atoms with Gasteiger partial charge in [0.05, 0.1) is 7.11 Å². The minimum atomic E-state index is -0.453. The van der Waals surface area contributed by atoms with Crippen molar-refractivity contribution in [2.75, 3.05) is 23.6 Å². The first-order valence-corrected chi connectivity index (χ1v) is 8.36. The Morgan fingerprint density at radius 3 is 2.43 bits per heavy atom. The number of ether oxygens (including phenoxy) is 1. The van der Waals surface area contributed by atoms with Crippen LogP contribution in [0.3, 0.4) is 0 Å². The summed E-state index contributed by atoms with van der Waals surface area (Å²) in [6, 6.07) is 12.7. The van der Waals surface area contributed by atoms with Crippen LogP contribution in [0.15, 0.2) is 54.9 Å². The van der Waals surface area contributed by atoms with Gasteiger partial charge in [0.25, 0.3) is 5.91 Å². The van der Waals surface area contributed by atoms with Crippen molar-refractivity contribution in [3.05, 3.63) is 71.8 Å². The van der Waals surface area contributed by atoms with Crippen LogP contribution in [0.25, 0.3) is 0 Å². The number of nitrogens with zero attached hydrogens (tertiary/aromatic N) is 2. The lowest BCUT2D eigenvalue weighted by Crippen LogP contribution is -2.30. The Bertz CT molecular complexity index is 948.